The quantitative estimate of drug-likeness (QED) is 0.728. The van der Waals surface area contributed by atoms with Gasteiger partial charge in [-0.25, -0.2) is 17.9 Å². The molecule has 0 unspecified atom stereocenters. The van der Waals surface area contributed by atoms with Gasteiger partial charge in [0.1, 0.15) is 0 Å². The van der Waals surface area contributed by atoms with Gasteiger partial charge in [0.2, 0.25) is 10.0 Å². The van der Waals surface area contributed by atoms with Gasteiger partial charge in [0.25, 0.3) is 0 Å². The average molecular weight is 265 g/mol. The Labute approximate surface area is 104 Å². The van der Waals surface area contributed by atoms with E-state index in [2.05, 4.69) is 10.0 Å². The van der Waals surface area contributed by atoms with Gasteiger partial charge in [-0.15, -0.1) is 0 Å². The zero-order valence-electron chi connectivity index (χ0n) is 11.2. The first-order valence-corrected chi connectivity index (χ1v) is 7.52. The summed E-state index contributed by atoms with van der Waals surface area (Å²) in [7, 11) is -3.28. The minimum absolute atomic E-state index is 0.182. The maximum Gasteiger partial charge on any atom is 0.317 e. The molecule has 2 N–H and O–H groups in total. The second-order valence-electron chi connectivity index (χ2n) is 4.59. The normalized spacial score (nSPS) is 12.3. The fraction of sp³-hybridized carbons (Fsp3) is 0.900. The van der Waals surface area contributed by atoms with E-state index in [-0.39, 0.29) is 12.6 Å². The van der Waals surface area contributed by atoms with Gasteiger partial charge in [-0.05, 0) is 27.7 Å². The molecule has 0 saturated carbocycles. The third-order valence-corrected chi connectivity index (χ3v) is 3.12. The predicted molar refractivity (Wildman–Crippen MR) is 68.4 cm³/mol. The molecule has 0 saturated heterocycles. The summed E-state index contributed by atoms with van der Waals surface area (Å²) >= 11 is 0. The van der Waals surface area contributed by atoms with Gasteiger partial charge in [0, 0.05) is 25.2 Å². The Kier molecular flexibility index (Phi) is 5.91. The van der Waals surface area contributed by atoms with E-state index in [4.69, 9.17) is 0 Å². The summed E-state index contributed by atoms with van der Waals surface area (Å²) in [5.74, 6) is 0. The second-order valence-corrected chi connectivity index (χ2v) is 6.34. The Hall–Kier alpha value is -0.820. The summed E-state index contributed by atoms with van der Waals surface area (Å²) in [6.07, 6.45) is 1.10. The molecular formula is C10H23N3O3S. The van der Waals surface area contributed by atoms with Gasteiger partial charge in [-0.1, -0.05) is 0 Å². The molecule has 0 aromatic carbocycles. The molecule has 0 radical (unpaired) electrons. The number of hydrogen-bond acceptors (Lipinski definition) is 3. The molecule has 0 aliphatic heterocycles. The standard InChI is InChI=1S/C10H23N3O3S/c1-6-13(7-2)9(14)11-8-10(3,4)12-17(5,15)16/h12H,6-8H2,1-5H3,(H,11,14). The Morgan fingerprint density at radius 1 is 1.24 bits per heavy atom. The van der Waals surface area contributed by atoms with Crippen molar-refractivity contribution < 1.29 is 13.2 Å². The molecule has 0 bridgehead atoms. The van der Waals surface area contributed by atoms with E-state index >= 15 is 0 Å². The molecule has 2 amide bonds. The lowest BCUT2D eigenvalue weighted by atomic mass is 10.1. The summed E-state index contributed by atoms with van der Waals surface area (Å²) in [5, 5.41) is 2.71. The largest absolute Gasteiger partial charge is 0.336 e. The van der Waals surface area contributed by atoms with Crippen LogP contribution in [-0.2, 0) is 10.0 Å². The van der Waals surface area contributed by atoms with E-state index < -0.39 is 15.6 Å². The molecule has 17 heavy (non-hydrogen) atoms. The van der Waals surface area contributed by atoms with Crippen LogP contribution < -0.4 is 10.0 Å². The maximum absolute atomic E-state index is 11.7. The lowest BCUT2D eigenvalue weighted by molar-refractivity contribution is 0.200. The highest BCUT2D eigenvalue weighted by Gasteiger charge is 2.23. The number of urea groups is 1. The second kappa shape index (κ2) is 6.20. The number of amides is 2. The zero-order chi connectivity index (χ0) is 13.7. The maximum atomic E-state index is 11.7. The van der Waals surface area contributed by atoms with Crippen molar-refractivity contribution in [1.29, 1.82) is 0 Å². The molecule has 0 spiro atoms. The van der Waals surface area contributed by atoms with Gasteiger partial charge < -0.3 is 10.2 Å². The number of carbonyl (C=O) groups excluding carboxylic acids is 1. The summed E-state index contributed by atoms with van der Waals surface area (Å²) < 4.78 is 24.7. The first kappa shape index (κ1) is 16.2. The van der Waals surface area contributed by atoms with Crippen LogP contribution in [0.3, 0.4) is 0 Å². The predicted octanol–water partition coefficient (Wildman–Crippen LogP) is 0.366. The van der Waals surface area contributed by atoms with E-state index in [9.17, 15) is 13.2 Å². The molecule has 0 atom stereocenters. The van der Waals surface area contributed by atoms with Crippen molar-refractivity contribution in [3.05, 3.63) is 0 Å². The highest BCUT2D eigenvalue weighted by Crippen LogP contribution is 2.02. The summed E-state index contributed by atoms with van der Waals surface area (Å²) in [5.41, 5.74) is -0.698. The highest BCUT2D eigenvalue weighted by molar-refractivity contribution is 7.88. The molecule has 0 fully saturated rings. The molecule has 102 valence electrons. The van der Waals surface area contributed by atoms with Crippen molar-refractivity contribution in [3.8, 4) is 0 Å². The average Bonchev–Trinajstić information content (AvgIpc) is 2.13. The Morgan fingerprint density at radius 2 is 1.71 bits per heavy atom. The summed E-state index contributed by atoms with van der Waals surface area (Å²) in [6, 6.07) is -0.182. The SMILES string of the molecule is CCN(CC)C(=O)NCC(C)(C)NS(C)(=O)=O. The molecule has 0 aromatic rings. The first-order chi connectivity index (χ1) is 7.61. The minimum Gasteiger partial charge on any atom is -0.336 e. The van der Waals surface area contributed by atoms with Crippen LogP contribution in [0.1, 0.15) is 27.7 Å². The van der Waals surface area contributed by atoms with E-state index in [0.29, 0.717) is 13.1 Å². The first-order valence-electron chi connectivity index (χ1n) is 5.63. The monoisotopic (exact) mass is 265 g/mol. The lowest BCUT2D eigenvalue weighted by Gasteiger charge is -2.27. The Morgan fingerprint density at radius 3 is 2.06 bits per heavy atom. The number of sulfonamides is 1. The van der Waals surface area contributed by atoms with Crippen LogP contribution in [-0.4, -0.2) is 50.8 Å². The third kappa shape index (κ3) is 7.17. The van der Waals surface area contributed by atoms with Crippen LogP contribution in [0.15, 0.2) is 0 Å². The molecular weight excluding hydrogens is 242 g/mol. The molecule has 0 rings (SSSR count). The minimum atomic E-state index is -3.28. The number of nitrogens with one attached hydrogen (secondary N) is 2. The Bertz CT molecular complexity index is 348. The van der Waals surface area contributed by atoms with Crippen LogP contribution in [0.25, 0.3) is 0 Å². The molecule has 7 heteroatoms. The van der Waals surface area contributed by atoms with Gasteiger partial charge in [-0.3, -0.25) is 0 Å². The topological polar surface area (TPSA) is 78.5 Å². The van der Waals surface area contributed by atoms with Crippen molar-refractivity contribution in [2.45, 2.75) is 33.2 Å². The van der Waals surface area contributed by atoms with Crippen molar-refractivity contribution in [3.63, 3.8) is 0 Å². The summed E-state index contributed by atoms with van der Waals surface area (Å²) in [4.78, 5) is 13.3. The van der Waals surface area contributed by atoms with Crippen LogP contribution in [0.4, 0.5) is 4.79 Å². The van der Waals surface area contributed by atoms with E-state index in [1.165, 1.54) is 0 Å². The van der Waals surface area contributed by atoms with E-state index in [1.54, 1.807) is 18.7 Å². The molecule has 0 aromatic heterocycles. The smallest absolute Gasteiger partial charge is 0.317 e. The van der Waals surface area contributed by atoms with Crippen molar-refractivity contribution in [2.75, 3.05) is 25.9 Å². The van der Waals surface area contributed by atoms with Crippen LogP contribution >= 0.6 is 0 Å². The fourth-order valence-electron chi connectivity index (χ4n) is 1.46. The van der Waals surface area contributed by atoms with Crippen LogP contribution in [0, 0.1) is 0 Å². The number of nitrogens with zero attached hydrogens (tertiary/aromatic N) is 1. The molecule has 0 aliphatic carbocycles. The van der Waals surface area contributed by atoms with Crippen molar-refractivity contribution in [2.24, 2.45) is 0 Å². The summed E-state index contributed by atoms with van der Waals surface area (Å²) in [6.45, 7) is 8.72. The molecule has 6 nitrogen and oxygen atoms in total. The van der Waals surface area contributed by atoms with Crippen molar-refractivity contribution >= 4 is 16.1 Å². The number of rotatable bonds is 6. The van der Waals surface area contributed by atoms with E-state index in [0.717, 1.165) is 6.26 Å². The lowest BCUT2D eigenvalue weighted by Crippen LogP contribution is -2.53. The van der Waals surface area contributed by atoms with Gasteiger partial charge in [0.15, 0.2) is 0 Å². The van der Waals surface area contributed by atoms with Crippen molar-refractivity contribution in [1.82, 2.24) is 14.9 Å². The van der Waals surface area contributed by atoms with Gasteiger partial charge >= 0.3 is 6.03 Å². The van der Waals surface area contributed by atoms with Gasteiger partial charge in [-0.2, -0.15) is 0 Å². The van der Waals surface area contributed by atoms with E-state index in [1.807, 2.05) is 13.8 Å². The molecule has 0 aliphatic rings. The van der Waals surface area contributed by atoms with Crippen LogP contribution in [0.2, 0.25) is 0 Å². The van der Waals surface area contributed by atoms with Gasteiger partial charge in [0.05, 0.1) is 6.26 Å². The number of carbonyl (C=O) groups is 1. The fourth-order valence-corrected chi connectivity index (χ4v) is 2.53. The highest BCUT2D eigenvalue weighted by atomic mass is 32.2. The van der Waals surface area contributed by atoms with Crippen LogP contribution in [0.5, 0.6) is 0 Å². The Balaban J connectivity index is 4.32. The molecule has 0 heterocycles. The zero-order valence-corrected chi connectivity index (χ0v) is 12.0. The third-order valence-electron chi connectivity index (χ3n) is 2.19. The number of hydrogen-bond donors (Lipinski definition) is 2.